The maximum absolute atomic E-state index is 12.7. The molecule has 2 saturated heterocycles. The summed E-state index contributed by atoms with van der Waals surface area (Å²) in [5.74, 6) is -0.181. The Morgan fingerprint density at radius 1 is 1.03 bits per heavy atom. The molecule has 2 aliphatic rings. The lowest BCUT2D eigenvalue weighted by molar-refractivity contribution is -0.137. The van der Waals surface area contributed by atoms with Gasteiger partial charge in [-0.2, -0.15) is 4.98 Å². The number of piperazine rings is 1. The van der Waals surface area contributed by atoms with Gasteiger partial charge in [-0.15, -0.1) is 0 Å². The number of amides is 3. The molecule has 11 heteroatoms. The topological polar surface area (TPSA) is 143 Å². The zero-order valence-corrected chi connectivity index (χ0v) is 20.2. The Balaban J connectivity index is 1.35. The minimum absolute atomic E-state index is 0.177. The van der Waals surface area contributed by atoms with Crippen LogP contribution in [0.5, 0.6) is 0 Å². The second-order valence-corrected chi connectivity index (χ2v) is 9.43. The summed E-state index contributed by atoms with van der Waals surface area (Å²) in [5, 5.41) is 2.67. The van der Waals surface area contributed by atoms with E-state index in [9.17, 15) is 14.4 Å². The predicted octanol–water partition coefficient (Wildman–Crippen LogP) is 0.181. The van der Waals surface area contributed by atoms with Crippen molar-refractivity contribution in [3.8, 4) is 5.69 Å². The summed E-state index contributed by atoms with van der Waals surface area (Å²) >= 11 is 0. The van der Waals surface area contributed by atoms with Crippen LogP contribution in [0.2, 0.25) is 0 Å². The van der Waals surface area contributed by atoms with E-state index < -0.39 is 11.4 Å². The number of hydrogen-bond donors (Lipinski definition) is 3. The van der Waals surface area contributed by atoms with Crippen molar-refractivity contribution in [2.24, 2.45) is 11.5 Å². The van der Waals surface area contributed by atoms with Gasteiger partial charge in [0.05, 0.1) is 5.69 Å². The van der Waals surface area contributed by atoms with Crippen molar-refractivity contribution in [1.82, 2.24) is 24.3 Å². The van der Waals surface area contributed by atoms with Crippen molar-refractivity contribution in [3.05, 3.63) is 52.6 Å². The number of anilines is 1. The fourth-order valence-corrected chi connectivity index (χ4v) is 4.47. The molecule has 2 aliphatic heterocycles. The molecule has 3 heterocycles. The monoisotopic (exact) mass is 482 g/mol. The molecule has 4 rings (SSSR count). The summed E-state index contributed by atoms with van der Waals surface area (Å²) in [4.78, 5) is 47.1. The third-order valence-corrected chi connectivity index (χ3v) is 6.46. The smallest absolute Gasteiger partial charge is 0.336 e. The van der Waals surface area contributed by atoms with Gasteiger partial charge in [0, 0.05) is 38.9 Å². The van der Waals surface area contributed by atoms with Gasteiger partial charge in [-0.25, -0.2) is 9.59 Å². The minimum atomic E-state index is -1.44. The van der Waals surface area contributed by atoms with Gasteiger partial charge in [-0.3, -0.25) is 14.7 Å². The first kappa shape index (κ1) is 24.8. The average Bonchev–Trinajstić information content (AvgIpc) is 3.36. The quantitative estimate of drug-likeness (QED) is 0.499. The molecule has 188 valence electrons. The zero-order chi connectivity index (χ0) is 25.0. The molecule has 0 spiro atoms. The highest BCUT2D eigenvalue weighted by Gasteiger charge is 2.32. The van der Waals surface area contributed by atoms with Crippen molar-refractivity contribution in [2.45, 2.75) is 31.8 Å². The maximum Gasteiger partial charge on any atom is 0.354 e. The first-order valence-electron chi connectivity index (χ1n) is 12.1. The molecule has 0 saturated carbocycles. The number of nitrogens with one attached hydrogen (secondary N) is 1. The van der Waals surface area contributed by atoms with Crippen molar-refractivity contribution < 1.29 is 9.59 Å². The second-order valence-electron chi connectivity index (χ2n) is 9.43. The van der Waals surface area contributed by atoms with Crippen LogP contribution in [0, 0.1) is 0 Å². The molecule has 0 radical (unpaired) electrons. The van der Waals surface area contributed by atoms with Crippen LogP contribution in [-0.2, 0) is 11.2 Å². The first-order valence-corrected chi connectivity index (χ1v) is 12.1. The molecule has 11 nitrogen and oxygen atoms in total. The van der Waals surface area contributed by atoms with E-state index in [4.69, 9.17) is 11.5 Å². The summed E-state index contributed by atoms with van der Waals surface area (Å²) in [6.45, 7) is 6.10. The van der Waals surface area contributed by atoms with E-state index in [1.165, 1.54) is 29.9 Å². The van der Waals surface area contributed by atoms with Gasteiger partial charge >= 0.3 is 11.7 Å². The fourth-order valence-electron chi connectivity index (χ4n) is 4.47. The fraction of sp³-hybridized carbons (Fsp3) is 0.500. The Kier molecular flexibility index (Phi) is 7.48. The lowest BCUT2D eigenvalue weighted by Crippen LogP contribution is -2.63. The Morgan fingerprint density at radius 3 is 2.37 bits per heavy atom. The van der Waals surface area contributed by atoms with Gasteiger partial charge in [0.15, 0.2) is 0 Å². The number of benzene rings is 1. The van der Waals surface area contributed by atoms with Crippen molar-refractivity contribution in [3.63, 3.8) is 0 Å². The number of rotatable bonds is 6. The van der Waals surface area contributed by atoms with Crippen LogP contribution in [0.25, 0.3) is 5.69 Å². The van der Waals surface area contributed by atoms with Crippen molar-refractivity contribution >= 4 is 17.8 Å². The lowest BCUT2D eigenvalue weighted by Gasteiger charge is -2.37. The van der Waals surface area contributed by atoms with E-state index in [1.807, 2.05) is 18.2 Å². The van der Waals surface area contributed by atoms with E-state index in [2.05, 4.69) is 21.3 Å². The van der Waals surface area contributed by atoms with E-state index >= 15 is 0 Å². The van der Waals surface area contributed by atoms with Crippen LogP contribution >= 0.6 is 0 Å². The van der Waals surface area contributed by atoms with Crippen LogP contribution < -0.4 is 22.5 Å². The highest BCUT2D eigenvalue weighted by molar-refractivity contribution is 5.89. The molecule has 0 unspecified atom stereocenters. The van der Waals surface area contributed by atoms with Gasteiger partial charge in [0.25, 0.3) is 5.91 Å². The second kappa shape index (κ2) is 10.5. The van der Waals surface area contributed by atoms with Crippen LogP contribution in [-0.4, -0.2) is 87.7 Å². The lowest BCUT2D eigenvalue weighted by atomic mass is 10.1. The third-order valence-electron chi connectivity index (χ3n) is 6.46. The molecule has 0 aliphatic carbocycles. The van der Waals surface area contributed by atoms with Gasteiger partial charge in [-0.1, -0.05) is 12.1 Å². The summed E-state index contributed by atoms with van der Waals surface area (Å²) in [7, 11) is 0. The Hall–Kier alpha value is -3.28. The molecule has 0 atom stereocenters. The molecule has 0 bridgehead atoms. The van der Waals surface area contributed by atoms with E-state index in [0.29, 0.717) is 26.2 Å². The molecular weight excluding hydrogens is 448 g/mol. The molecule has 1 aromatic heterocycles. The van der Waals surface area contributed by atoms with E-state index in [1.54, 1.807) is 22.1 Å². The van der Waals surface area contributed by atoms with Crippen molar-refractivity contribution in [2.75, 3.05) is 51.1 Å². The summed E-state index contributed by atoms with van der Waals surface area (Å²) in [5.41, 5.74) is 11.4. The predicted molar refractivity (Wildman–Crippen MR) is 133 cm³/mol. The summed E-state index contributed by atoms with van der Waals surface area (Å²) in [6, 6.07) is 9.11. The summed E-state index contributed by atoms with van der Waals surface area (Å²) < 4.78 is 1.47. The number of nitrogens with zero attached hydrogens (tertiary/aromatic N) is 5. The Morgan fingerprint density at radius 2 is 1.71 bits per heavy atom. The number of aromatic nitrogens is 2. The molecule has 2 aromatic rings. The molecule has 3 amide bonds. The normalized spacial score (nSPS) is 17.0. The summed E-state index contributed by atoms with van der Waals surface area (Å²) in [6.07, 6.45) is 5.08. The van der Waals surface area contributed by atoms with Crippen LogP contribution in [0.15, 0.2) is 41.3 Å². The number of carbonyl (C=O) groups excluding carboxylic acids is 2. The molecular formula is C24H34N8O3. The van der Waals surface area contributed by atoms with Crippen molar-refractivity contribution in [1.29, 1.82) is 0 Å². The largest absolute Gasteiger partial charge is 0.354 e. The zero-order valence-electron chi connectivity index (χ0n) is 20.2. The molecule has 2 fully saturated rings. The maximum atomic E-state index is 12.7. The van der Waals surface area contributed by atoms with E-state index in [0.717, 1.165) is 31.7 Å². The van der Waals surface area contributed by atoms with Crippen LogP contribution in [0.4, 0.5) is 10.6 Å². The minimum Gasteiger partial charge on any atom is -0.336 e. The highest BCUT2D eigenvalue weighted by atomic mass is 16.2. The Bertz CT molecular complexity index is 1110. The van der Waals surface area contributed by atoms with Gasteiger partial charge in [0.2, 0.25) is 0 Å². The standard InChI is InChI=1S/C24H34N8O3/c1-24(25,26)21(33)30-13-15-31(16-14-30)22(34)27-20-8-12-32(23(35)28-20)19-6-4-5-18(17-19)7-11-29-9-2-3-10-29/h4-6,8,12,17H,2-3,7,9-11,13-16,25-26H2,1H3,(H,27,28,34,35). The van der Waals surface area contributed by atoms with Crippen LogP contribution in [0.1, 0.15) is 25.3 Å². The number of carbonyl (C=O) groups is 2. The SMILES string of the molecule is CC(N)(N)C(=O)N1CCN(C(=O)Nc2ccn(-c3cccc(CCN4CCCC4)c3)c(=O)n2)CC1. The van der Waals surface area contributed by atoms with E-state index in [-0.39, 0.29) is 17.8 Å². The van der Waals surface area contributed by atoms with Gasteiger partial charge in [0.1, 0.15) is 11.5 Å². The Labute approximate surface area is 204 Å². The molecule has 1 aromatic carbocycles. The van der Waals surface area contributed by atoms with Crippen LogP contribution in [0.3, 0.4) is 0 Å². The number of likely N-dealkylation sites (tertiary alicyclic amines) is 1. The van der Waals surface area contributed by atoms with Gasteiger partial charge < -0.3 is 26.2 Å². The number of urea groups is 1. The average molecular weight is 483 g/mol. The highest BCUT2D eigenvalue weighted by Crippen LogP contribution is 2.14. The molecule has 5 N–H and O–H groups in total. The van der Waals surface area contributed by atoms with Gasteiger partial charge in [-0.05, 0) is 63.0 Å². The first-order chi connectivity index (χ1) is 16.7. The number of nitrogens with two attached hydrogens (primary N) is 2. The number of hydrogen-bond acceptors (Lipinski definition) is 7. The third kappa shape index (κ3) is 6.24. The molecule has 35 heavy (non-hydrogen) atoms.